The fourth-order valence-electron chi connectivity index (χ4n) is 1.99. The molecule has 0 amide bonds. The maximum absolute atomic E-state index is 13.0. The Kier molecular flexibility index (Phi) is 4.53. The van der Waals surface area contributed by atoms with E-state index in [4.69, 9.17) is 14.2 Å². The lowest BCUT2D eigenvalue weighted by Crippen LogP contribution is -2.13. The number of methoxy groups -OCH3 is 2. The molecule has 0 saturated heterocycles. The number of halogens is 3. The van der Waals surface area contributed by atoms with Gasteiger partial charge in [0.25, 0.3) is 0 Å². The lowest BCUT2D eigenvalue weighted by molar-refractivity contribution is -0.389. The predicted molar refractivity (Wildman–Crippen MR) is 74.5 cm³/mol. The van der Waals surface area contributed by atoms with Crippen LogP contribution in [-0.4, -0.2) is 28.9 Å². The Morgan fingerprint density at radius 2 is 1.62 bits per heavy atom. The summed E-state index contributed by atoms with van der Waals surface area (Å²) in [5.74, 6) is -0.232. The number of benzene rings is 1. The summed E-state index contributed by atoms with van der Waals surface area (Å²) in [6.07, 6.45) is -4.96. The molecule has 8 nitrogen and oxygen atoms in total. The van der Waals surface area contributed by atoms with E-state index in [1.165, 1.54) is 32.4 Å². The highest BCUT2D eigenvalue weighted by atomic mass is 19.4. The number of aromatic nitrogens is 2. The summed E-state index contributed by atoms with van der Waals surface area (Å²) in [6, 6.07) is 4.16. The van der Waals surface area contributed by atoms with Gasteiger partial charge in [-0.15, -0.1) is 5.10 Å². The second-order valence-electron chi connectivity index (χ2n) is 4.53. The molecule has 0 N–H and O–H groups in total. The van der Waals surface area contributed by atoms with Gasteiger partial charge in [-0.2, -0.15) is 13.2 Å². The summed E-state index contributed by atoms with van der Waals surface area (Å²) in [5.41, 5.74) is -2.79. The van der Waals surface area contributed by atoms with Crippen molar-refractivity contribution in [2.75, 3.05) is 14.2 Å². The first kappa shape index (κ1) is 17.4. The first-order chi connectivity index (χ1) is 11.2. The number of hydrogen-bond acceptors (Lipinski definition) is 6. The molecular formula is C13H12F3N3O5. The lowest BCUT2D eigenvalue weighted by atomic mass is 10.3. The Hall–Kier alpha value is -2.98. The molecule has 0 aliphatic heterocycles. The molecule has 0 bridgehead atoms. The van der Waals surface area contributed by atoms with Crippen molar-refractivity contribution in [3.8, 4) is 23.1 Å². The van der Waals surface area contributed by atoms with Crippen LogP contribution in [0.15, 0.2) is 18.2 Å². The van der Waals surface area contributed by atoms with E-state index < -0.39 is 28.4 Å². The van der Waals surface area contributed by atoms with E-state index in [2.05, 4.69) is 5.10 Å². The molecule has 24 heavy (non-hydrogen) atoms. The molecule has 0 saturated carbocycles. The highest BCUT2D eigenvalue weighted by Crippen LogP contribution is 2.42. The van der Waals surface area contributed by atoms with Crippen LogP contribution in [0.3, 0.4) is 0 Å². The minimum absolute atomic E-state index is 0.0267. The van der Waals surface area contributed by atoms with Gasteiger partial charge in [0.2, 0.25) is 5.69 Å². The molecule has 0 unspecified atom stereocenters. The standard InChI is InChI=1S/C13H12F3N3O5/c1-18-11(13(14,15)16)10(19(20)21)12(17-18)24-9-5-7(22-2)4-8(6-9)23-3/h4-6H,1-3H3. The molecule has 0 aliphatic rings. The van der Waals surface area contributed by atoms with Gasteiger partial charge in [-0.3, -0.25) is 14.8 Å². The summed E-state index contributed by atoms with van der Waals surface area (Å²) in [6.45, 7) is 0. The zero-order valence-corrected chi connectivity index (χ0v) is 12.7. The monoisotopic (exact) mass is 347 g/mol. The van der Waals surface area contributed by atoms with E-state index >= 15 is 0 Å². The normalized spacial score (nSPS) is 11.2. The summed E-state index contributed by atoms with van der Waals surface area (Å²) in [7, 11) is 3.67. The third kappa shape index (κ3) is 3.34. The molecule has 2 aromatic rings. The maximum Gasteiger partial charge on any atom is 0.440 e. The lowest BCUT2D eigenvalue weighted by Gasteiger charge is -2.08. The Labute approximate surface area is 133 Å². The van der Waals surface area contributed by atoms with Crippen molar-refractivity contribution >= 4 is 5.69 Å². The zero-order valence-electron chi connectivity index (χ0n) is 12.7. The number of ether oxygens (including phenoxy) is 3. The van der Waals surface area contributed by atoms with Crippen molar-refractivity contribution in [2.24, 2.45) is 7.05 Å². The van der Waals surface area contributed by atoms with Crippen molar-refractivity contribution < 1.29 is 32.3 Å². The van der Waals surface area contributed by atoms with Gasteiger partial charge in [0.05, 0.1) is 19.1 Å². The number of rotatable bonds is 5. The zero-order chi connectivity index (χ0) is 18.1. The van der Waals surface area contributed by atoms with Crippen molar-refractivity contribution in [3.63, 3.8) is 0 Å². The van der Waals surface area contributed by atoms with E-state index in [0.717, 1.165) is 7.05 Å². The predicted octanol–water partition coefficient (Wildman–Crippen LogP) is 3.16. The molecule has 0 spiro atoms. The number of nitrogens with zero attached hydrogens (tertiary/aromatic N) is 3. The molecule has 1 aromatic heterocycles. The average molecular weight is 347 g/mol. The van der Waals surface area contributed by atoms with Crippen LogP contribution in [0.4, 0.5) is 18.9 Å². The minimum Gasteiger partial charge on any atom is -0.496 e. The van der Waals surface area contributed by atoms with E-state index in [1.54, 1.807) is 0 Å². The maximum atomic E-state index is 13.0. The Bertz CT molecular complexity index is 751. The van der Waals surface area contributed by atoms with Crippen LogP contribution in [0.2, 0.25) is 0 Å². The fourth-order valence-corrected chi connectivity index (χ4v) is 1.99. The molecule has 1 aromatic carbocycles. The van der Waals surface area contributed by atoms with Gasteiger partial charge < -0.3 is 14.2 Å². The third-order valence-corrected chi connectivity index (χ3v) is 2.98. The van der Waals surface area contributed by atoms with Crippen LogP contribution in [0, 0.1) is 10.1 Å². The van der Waals surface area contributed by atoms with Crippen LogP contribution in [0.5, 0.6) is 23.1 Å². The number of aryl methyl sites for hydroxylation is 1. The molecule has 1 heterocycles. The molecule has 0 radical (unpaired) electrons. The summed E-state index contributed by atoms with van der Waals surface area (Å²) in [4.78, 5) is 9.87. The summed E-state index contributed by atoms with van der Waals surface area (Å²) < 4.78 is 54.5. The first-order valence-corrected chi connectivity index (χ1v) is 6.37. The van der Waals surface area contributed by atoms with Crippen molar-refractivity contribution in [1.82, 2.24) is 9.78 Å². The topological polar surface area (TPSA) is 88.7 Å². The van der Waals surface area contributed by atoms with Gasteiger partial charge in [0.15, 0.2) is 0 Å². The van der Waals surface area contributed by atoms with Crippen LogP contribution < -0.4 is 14.2 Å². The quantitative estimate of drug-likeness (QED) is 0.610. The average Bonchev–Trinajstić information content (AvgIpc) is 2.83. The Morgan fingerprint density at radius 1 is 1.12 bits per heavy atom. The molecule has 2 rings (SSSR count). The number of hydrogen-bond donors (Lipinski definition) is 0. The minimum atomic E-state index is -4.96. The van der Waals surface area contributed by atoms with Crippen LogP contribution in [0.1, 0.15) is 5.69 Å². The van der Waals surface area contributed by atoms with Gasteiger partial charge in [-0.25, -0.2) is 0 Å². The Morgan fingerprint density at radius 3 is 2.04 bits per heavy atom. The second kappa shape index (κ2) is 6.26. The highest BCUT2D eigenvalue weighted by molar-refractivity contribution is 5.51. The van der Waals surface area contributed by atoms with Gasteiger partial charge in [0, 0.05) is 25.2 Å². The second-order valence-corrected chi connectivity index (χ2v) is 4.53. The van der Waals surface area contributed by atoms with Crippen molar-refractivity contribution in [3.05, 3.63) is 34.0 Å². The Balaban J connectivity index is 2.53. The van der Waals surface area contributed by atoms with Crippen molar-refractivity contribution in [1.29, 1.82) is 0 Å². The van der Waals surface area contributed by atoms with E-state index in [0.29, 0.717) is 16.2 Å². The molecule has 0 atom stereocenters. The fraction of sp³-hybridized carbons (Fsp3) is 0.308. The smallest absolute Gasteiger partial charge is 0.440 e. The van der Waals surface area contributed by atoms with Gasteiger partial charge >= 0.3 is 17.7 Å². The highest BCUT2D eigenvalue weighted by Gasteiger charge is 2.46. The van der Waals surface area contributed by atoms with Crippen LogP contribution >= 0.6 is 0 Å². The molecule has 0 fully saturated rings. The number of alkyl halides is 3. The molecule has 11 heteroatoms. The van der Waals surface area contributed by atoms with Crippen molar-refractivity contribution in [2.45, 2.75) is 6.18 Å². The van der Waals surface area contributed by atoms with E-state index in [-0.39, 0.29) is 5.75 Å². The van der Waals surface area contributed by atoms with Gasteiger partial charge in [-0.05, 0) is 0 Å². The van der Waals surface area contributed by atoms with Gasteiger partial charge in [0.1, 0.15) is 17.2 Å². The molecule has 130 valence electrons. The molecule has 0 aliphatic carbocycles. The van der Waals surface area contributed by atoms with E-state index in [1.807, 2.05) is 0 Å². The first-order valence-electron chi connectivity index (χ1n) is 6.37. The van der Waals surface area contributed by atoms with Crippen LogP contribution in [0.25, 0.3) is 0 Å². The molecular weight excluding hydrogens is 335 g/mol. The third-order valence-electron chi connectivity index (χ3n) is 2.98. The number of nitro groups is 1. The van der Waals surface area contributed by atoms with Gasteiger partial charge in [-0.1, -0.05) is 0 Å². The summed E-state index contributed by atoms with van der Waals surface area (Å²) in [5, 5.41) is 14.5. The van der Waals surface area contributed by atoms with Crippen LogP contribution in [-0.2, 0) is 13.2 Å². The largest absolute Gasteiger partial charge is 0.496 e. The van der Waals surface area contributed by atoms with E-state index in [9.17, 15) is 23.3 Å². The SMILES string of the molecule is COc1cc(OC)cc(Oc2nn(C)c(C(F)(F)F)c2[N+](=O)[O-])c1. The summed E-state index contributed by atoms with van der Waals surface area (Å²) >= 11 is 0.